The van der Waals surface area contributed by atoms with Crippen LogP contribution in [0.25, 0.3) is 5.57 Å². The van der Waals surface area contributed by atoms with Crippen LogP contribution in [0.1, 0.15) is 11.1 Å². The van der Waals surface area contributed by atoms with Crippen LogP contribution in [0.4, 0.5) is 0 Å². The first-order chi connectivity index (χ1) is 14.6. The molecule has 0 aliphatic carbocycles. The van der Waals surface area contributed by atoms with Crippen LogP contribution in [0.3, 0.4) is 0 Å². The fourth-order valence-electron chi connectivity index (χ4n) is 3.72. The third-order valence-corrected chi connectivity index (χ3v) is 5.35. The van der Waals surface area contributed by atoms with Gasteiger partial charge in [0.2, 0.25) is 0 Å². The van der Waals surface area contributed by atoms with Gasteiger partial charge < -0.3 is 19.1 Å². The number of rotatable bonds is 6. The van der Waals surface area contributed by atoms with Crippen molar-refractivity contribution in [3.63, 3.8) is 0 Å². The molecule has 0 bridgehead atoms. The van der Waals surface area contributed by atoms with Gasteiger partial charge in [-0.1, -0.05) is 24.3 Å². The smallest absolute Gasteiger partial charge is 0.278 e. The maximum Gasteiger partial charge on any atom is 0.278 e. The predicted molar refractivity (Wildman–Crippen MR) is 111 cm³/mol. The molecular formula is C23H24N2O5. The summed E-state index contributed by atoms with van der Waals surface area (Å²) in [6, 6.07) is 14.6. The number of ether oxygens (including phenoxy) is 3. The van der Waals surface area contributed by atoms with Crippen molar-refractivity contribution in [1.29, 1.82) is 0 Å². The lowest BCUT2D eigenvalue weighted by atomic mass is 10.0. The summed E-state index contributed by atoms with van der Waals surface area (Å²) in [5.74, 6) is 0.856. The van der Waals surface area contributed by atoms with Gasteiger partial charge in [-0.05, 0) is 35.4 Å². The Bertz CT molecular complexity index is 960. The summed E-state index contributed by atoms with van der Waals surface area (Å²) in [7, 11) is 3.19. The molecule has 0 radical (unpaired) electrons. The van der Waals surface area contributed by atoms with Crippen LogP contribution in [-0.4, -0.2) is 62.1 Å². The minimum Gasteiger partial charge on any atom is -0.497 e. The molecule has 0 N–H and O–H groups in total. The van der Waals surface area contributed by atoms with Gasteiger partial charge in [0.1, 0.15) is 17.2 Å². The molecule has 7 nitrogen and oxygen atoms in total. The highest BCUT2D eigenvalue weighted by atomic mass is 16.5. The summed E-state index contributed by atoms with van der Waals surface area (Å²) in [6.07, 6.45) is 0. The number of amides is 2. The second-order valence-electron chi connectivity index (χ2n) is 7.10. The number of carbonyl (C=O) groups excluding carboxylic acids is 2. The Morgan fingerprint density at radius 3 is 1.97 bits per heavy atom. The minimum absolute atomic E-state index is 0.204. The highest BCUT2D eigenvalue weighted by Crippen LogP contribution is 2.33. The summed E-state index contributed by atoms with van der Waals surface area (Å²) in [5, 5.41) is 0. The lowest BCUT2D eigenvalue weighted by molar-refractivity contribution is -0.138. The van der Waals surface area contributed by atoms with Crippen LogP contribution in [0.5, 0.6) is 11.5 Å². The van der Waals surface area contributed by atoms with Crippen molar-refractivity contribution < 1.29 is 23.8 Å². The average Bonchev–Trinajstić information content (AvgIpc) is 3.05. The SMILES string of the molecule is COc1ccc(CN2C(=O)C(c3ccc(OC)cc3)=C(N3CCOCC3)C2=O)cc1. The van der Waals surface area contributed by atoms with E-state index in [1.807, 2.05) is 41.3 Å². The Morgan fingerprint density at radius 2 is 1.40 bits per heavy atom. The monoisotopic (exact) mass is 408 g/mol. The molecule has 2 amide bonds. The number of imide groups is 1. The van der Waals surface area contributed by atoms with Crippen molar-refractivity contribution >= 4 is 17.4 Å². The van der Waals surface area contributed by atoms with Gasteiger partial charge in [-0.25, -0.2) is 0 Å². The van der Waals surface area contributed by atoms with Crippen LogP contribution in [0.2, 0.25) is 0 Å². The van der Waals surface area contributed by atoms with Crippen LogP contribution in [0.15, 0.2) is 54.2 Å². The highest BCUT2D eigenvalue weighted by Gasteiger charge is 2.41. The second kappa shape index (κ2) is 8.59. The molecule has 0 aromatic heterocycles. The van der Waals surface area contributed by atoms with Gasteiger partial charge in [0.25, 0.3) is 11.8 Å². The Kier molecular flexibility index (Phi) is 5.72. The summed E-state index contributed by atoms with van der Waals surface area (Å²) < 4.78 is 15.8. The Balaban J connectivity index is 1.69. The van der Waals surface area contributed by atoms with E-state index in [0.29, 0.717) is 48.9 Å². The molecule has 2 aliphatic heterocycles. The standard InChI is InChI=1S/C23H24N2O5/c1-28-18-7-3-16(4-8-18)15-25-22(26)20(17-5-9-19(29-2)10-6-17)21(23(25)27)24-11-13-30-14-12-24/h3-10H,11-15H2,1-2H3. The van der Waals surface area contributed by atoms with E-state index < -0.39 is 0 Å². The molecule has 2 aromatic rings. The lowest BCUT2D eigenvalue weighted by Gasteiger charge is -2.29. The molecule has 2 aromatic carbocycles. The highest BCUT2D eigenvalue weighted by molar-refractivity contribution is 6.35. The van der Waals surface area contributed by atoms with Gasteiger partial charge in [0, 0.05) is 13.1 Å². The quantitative estimate of drug-likeness (QED) is 0.684. The van der Waals surface area contributed by atoms with Crippen molar-refractivity contribution in [3.8, 4) is 11.5 Å². The van der Waals surface area contributed by atoms with E-state index in [1.54, 1.807) is 26.4 Å². The molecule has 2 heterocycles. The number of morpholine rings is 1. The molecule has 156 valence electrons. The maximum absolute atomic E-state index is 13.4. The van der Waals surface area contributed by atoms with Crippen LogP contribution < -0.4 is 9.47 Å². The molecule has 4 rings (SSSR count). The average molecular weight is 408 g/mol. The summed E-state index contributed by atoms with van der Waals surface area (Å²) >= 11 is 0. The first kappa shape index (κ1) is 20.0. The number of methoxy groups -OCH3 is 2. The van der Waals surface area contributed by atoms with Crippen molar-refractivity contribution in [2.75, 3.05) is 40.5 Å². The fourth-order valence-corrected chi connectivity index (χ4v) is 3.72. The molecule has 30 heavy (non-hydrogen) atoms. The van der Waals surface area contributed by atoms with E-state index in [0.717, 1.165) is 11.3 Å². The maximum atomic E-state index is 13.4. The third-order valence-electron chi connectivity index (χ3n) is 5.35. The number of hydrogen-bond acceptors (Lipinski definition) is 6. The third kappa shape index (κ3) is 3.76. The van der Waals surface area contributed by atoms with E-state index in [4.69, 9.17) is 14.2 Å². The molecule has 0 spiro atoms. The van der Waals surface area contributed by atoms with E-state index in [2.05, 4.69) is 0 Å². The first-order valence-corrected chi connectivity index (χ1v) is 9.83. The summed E-state index contributed by atoms with van der Waals surface area (Å²) in [4.78, 5) is 30.0. The fraction of sp³-hybridized carbons (Fsp3) is 0.304. The molecule has 1 saturated heterocycles. The predicted octanol–water partition coefficient (Wildman–Crippen LogP) is 2.32. The van der Waals surface area contributed by atoms with Crippen molar-refractivity contribution in [1.82, 2.24) is 9.80 Å². The number of hydrogen-bond donors (Lipinski definition) is 0. The Hall–Kier alpha value is -3.32. The molecule has 7 heteroatoms. The zero-order valence-electron chi connectivity index (χ0n) is 17.1. The summed E-state index contributed by atoms with van der Waals surface area (Å²) in [5.41, 5.74) is 2.43. The van der Waals surface area contributed by atoms with Crippen LogP contribution in [-0.2, 0) is 20.9 Å². The largest absolute Gasteiger partial charge is 0.497 e. The van der Waals surface area contributed by atoms with Gasteiger partial charge in [0.05, 0.1) is 39.6 Å². The van der Waals surface area contributed by atoms with E-state index in [-0.39, 0.29) is 18.4 Å². The number of carbonyl (C=O) groups is 2. The van der Waals surface area contributed by atoms with Crippen LogP contribution >= 0.6 is 0 Å². The second-order valence-corrected chi connectivity index (χ2v) is 7.10. The lowest BCUT2D eigenvalue weighted by Crippen LogP contribution is -2.40. The zero-order chi connectivity index (χ0) is 21.1. The molecule has 2 aliphatic rings. The van der Waals surface area contributed by atoms with Crippen LogP contribution in [0, 0.1) is 0 Å². The Morgan fingerprint density at radius 1 is 0.833 bits per heavy atom. The van der Waals surface area contributed by atoms with Gasteiger partial charge in [-0.15, -0.1) is 0 Å². The molecule has 0 saturated carbocycles. The van der Waals surface area contributed by atoms with Crippen molar-refractivity contribution in [3.05, 3.63) is 65.4 Å². The summed E-state index contributed by atoms with van der Waals surface area (Å²) in [6.45, 7) is 2.41. The molecular weight excluding hydrogens is 384 g/mol. The van der Waals surface area contributed by atoms with E-state index >= 15 is 0 Å². The molecule has 0 unspecified atom stereocenters. The van der Waals surface area contributed by atoms with Gasteiger partial charge in [0.15, 0.2) is 0 Å². The van der Waals surface area contributed by atoms with Gasteiger partial charge >= 0.3 is 0 Å². The topological polar surface area (TPSA) is 68.3 Å². The van der Waals surface area contributed by atoms with Crippen molar-refractivity contribution in [2.45, 2.75) is 6.54 Å². The van der Waals surface area contributed by atoms with Crippen molar-refractivity contribution in [2.24, 2.45) is 0 Å². The number of benzene rings is 2. The molecule has 1 fully saturated rings. The number of nitrogens with zero attached hydrogens (tertiary/aromatic N) is 2. The van der Waals surface area contributed by atoms with E-state index in [1.165, 1.54) is 4.90 Å². The van der Waals surface area contributed by atoms with Gasteiger partial charge in [-0.3, -0.25) is 14.5 Å². The normalized spacial score (nSPS) is 17.0. The molecule has 0 atom stereocenters. The Labute approximate surface area is 175 Å². The minimum atomic E-state index is -0.289. The van der Waals surface area contributed by atoms with E-state index in [9.17, 15) is 9.59 Å². The van der Waals surface area contributed by atoms with Gasteiger partial charge in [-0.2, -0.15) is 0 Å². The zero-order valence-corrected chi connectivity index (χ0v) is 17.1. The first-order valence-electron chi connectivity index (χ1n) is 9.83.